The minimum atomic E-state index is -3.04. The van der Waals surface area contributed by atoms with Crippen molar-refractivity contribution in [2.24, 2.45) is 50.5 Å². The summed E-state index contributed by atoms with van der Waals surface area (Å²) in [5.74, 6) is -12.0. The molecule has 0 spiro atoms. The van der Waals surface area contributed by atoms with E-state index in [-0.39, 0.29) is 50.1 Å². The molecule has 33 heteroatoms. The standard InChI is InChI=1S/C49H73N11O22/c1-16-48(77,15-62)41(44(79-16)81-38-29(59-46(53)54)34(69)28(58-45(51)52)35(70)37(38)72)82-43-30(36(71)31(66)21(14-61)80-43)60(3)12-11-56-23(65)8-7-22(64)55-9-10-57-27-19-13-18-25(32(67)24-17(47(18,2)76)5-4-6-20(24)63)39(73)49(19,78)40(74)26(33(27)68)42(50)75/h4-6,16,18-19,21,27-31,34-38,41,43-44,57,61-63,66-67,69-72,74,76-78H,7-15H2,1-3H3,(H2,50,75)(H,55,64)(H,56,65)(H4,51,52,58)(H4,53,54,59). The number of Topliss-reactive ketones (excluding diaryl/α,β-unsaturated/α-hetero) is 2. The van der Waals surface area contributed by atoms with E-state index in [1.165, 1.54) is 44.0 Å². The number of nitrogens with two attached hydrogens (primary N) is 5. The number of phenolic OH excluding ortho intramolecular Hbond substituents is 1. The summed E-state index contributed by atoms with van der Waals surface area (Å²) in [6, 6.07) is -2.23. The summed E-state index contributed by atoms with van der Waals surface area (Å²) in [5, 5.41) is 153. The molecule has 82 heavy (non-hydrogen) atoms. The van der Waals surface area contributed by atoms with Crippen LogP contribution in [0.25, 0.3) is 5.76 Å². The molecule has 2 heterocycles. The molecule has 26 N–H and O–H groups in total. The number of phenols is 1. The van der Waals surface area contributed by atoms with E-state index in [9.17, 15) is 90.4 Å². The maximum Gasteiger partial charge on any atom is 0.255 e. The highest BCUT2D eigenvalue weighted by atomic mass is 16.8. The van der Waals surface area contributed by atoms with E-state index in [4.69, 9.17) is 47.6 Å². The summed E-state index contributed by atoms with van der Waals surface area (Å²) < 4.78 is 24.0. The second kappa shape index (κ2) is 24.5. The summed E-state index contributed by atoms with van der Waals surface area (Å²) in [7, 11) is 1.42. The van der Waals surface area contributed by atoms with E-state index in [0.29, 0.717) is 0 Å². The fraction of sp³-hybridized carbons (Fsp3) is 0.653. The van der Waals surface area contributed by atoms with Gasteiger partial charge in [0.2, 0.25) is 17.6 Å². The van der Waals surface area contributed by atoms with Crippen molar-refractivity contribution in [2.45, 2.75) is 142 Å². The molecule has 1 aromatic carbocycles. The van der Waals surface area contributed by atoms with E-state index < -0.39 is 210 Å². The molecule has 1 aromatic rings. The van der Waals surface area contributed by atoms with E-state index in [0.717, 1.165) is 0 Å². The van der Waals surface area contributed by atoms with Crippen molar-refractivity contribution in [1.29, 1.82) is 0 Å². The first kappa shape index (κ1) is 63.3. The highest BCUT2D eigenvalue weighted by Crippen LogP contribution is 2.57. The zero-order valence-electron chi connectivity index (χ0n) is 44.6. The lowest BCUT2D eigenvalue weighted by Crippen LogP contribution is -2.67. The molecule has 7 rings (SSSR count). The molecule has 4 fully saturated rings. The number of likely N-dealkylation sites (N-methyl/N-ethyl adjacent to an activating group) is 1. The van der Waals surface area contributed by atoms with Gasteiger partial charge in [-0.15, -0.1) is 0 Å². The van der Waals surface area contributed by atoms with Crippen LogP contribution in [0.1, 0.15) is 44.2 Å². The molecule has 2 saturated carbocycles. The number of aliphatic hydroxyl groups excluding tert-OH is 9. The molecule has 6 aliphatic rings. The number of primary amides is 1. The molecule has 456 valence electrons. The molecule has 0 bridgehead atoms. The van der Waals surface area contributed by atoms with Crippen molar-refractivity contribution in [3.05, 3.63) is 46.2 Å². The summed E-state index contributed by atoms with van der Waals surface area (Å²) >= 11 is 0. The van der Waals surface area contributed by atoms with Gasteiger partial charge < -0.3 is 130 Å². The second-order valence-electron chi connectivity index (χ2n) is 21.4. The fourth-order valence-electron chi connectivity index (χ4n) is 11.8. The van der Waals surface area contributed by atoms with Gasteiger partial charge in [0.1, 0.15) is 89.4 Å². The first-order valence-corrected chi connectivity index (χ1v) is 26.0. The highest BCUT2D eigenvalue weighted by molar-refractivity contribution is 6.24. The monoisotopic (exact) mass is 1170 g/mol. The van der Waals surface area contributed by atoms with Gasteiger partial charge in [-0.3, -0.25) is 28.9 Å². The molecule has 3 amide bonds. The topological polar surface area (TPSA) is 579 Å². The fourth-order valence-corrected chi connectivity index (χ4v) is 11.8. The number of fused-ring (bicyclic) bond motifs is 3. The van der Waals surface area contributed by atoms with Gasteiger partial charge in [-0.2, -0.15) is 0 Å². The molecule has 20 unspecified atom stereocenters. The first-order chi connectivity index (χ1) is 38.4. The maximum atomic E-state index is 14.2. The Labute approximate surface area is 466 Å². The van der Waals surface area contributed by atoms with Gasteiger partial charge in [0.25, 0.3) is 5.91 Å². The van der Waals surface area contributed by atoms with Gasteiger partial charge in [-0.25, -0.2) is 9.98 Å². The number of carbonyl (C=O) groups is 5. The van der Waals surface area contributed by atoms with Crippen LogP contribution in [-0.2, 0) is 48.5 Å². The van der Waals surface area contributed by atoms with Crippen molar-refractivity contribution >= 4 is 47.0 Å². The Balaban J connectivity index is 0.960. The van der Waals surface area contributed by atoms with Gasteiger partial charge in [0, 0.05) is 56.4 Å². The Kier molecular flexibility index (Phi) is 18.9. The molecule has 2 aliphatic heterocycles. The van der Waals surface area contributed by atoms with Crippen LogP contribution < -0.4 is 44.6 Å². The predicted octanol–water partition coefficient (Wildman–Crippen LogP) is -9.97. The van der Waals surface area contributed by atoms with Crippen molar-refractivity contribution in [2.75, 3.05) is 46.4 Å². The number of aliphatic imine (C=N–C) groups is 2. The number of amides is 3. The Morgan fingerprint density at radius 1 is 0.805 bits per heavy atom. The van der Waals surface area contributed by atoms with Crippen LogP contribution in [0.4, 0.5) is 0 Å². The van der Waals surface area contributed by atoms with Crippen LogP contribution in [-0.4, -0.2) is 262 Å². The van der Waals surface area contributed by atoms with Crippen LogP contribution in [0.15, 0.2) is 45.1 Å². The molecular weight excluding hydrogens is 1090 g/mol. The lowest BCUT2D eigenvalue weighted by molar-refractivity contribution is -0.327. The first-order valence-electron chi connectivity index (χ1n) is 26.0. The Morgan fingerprint density at radius 2 is 1.43 bits per heavy atom. The Hall–Kier alpha value is -6.25. The quantitative estimate of drug-likeness (QED) is 0.0249. The number of nitrogens with one attached hydrogen (secondary N) is 3. The highest BCUT2D eigenvalue weighted by Gasteiger charge is 2.67. The number of hydrogen-bond acceptors (Lipinski definition) is 26. The molecule has 0 aromatic heterocycles. The number of guanidine groups is 2. The van der Waals surface area contributed by atoms with Crippen molar-refractivity contribution in [1.82, 2.24) is 20.9 Å². The predicted molar refractivity (Wildman–Crippen MR) is 277 cm³/mol. The third-order valence-corrected chi connectivity index (χ3v) is 16.3. The van der Waals surface area contributed by atoms with Gasteiger partial charge in [-0.1, -0.05) is 12.1 Å². The van der Waals surface area contributed by atoms with Crippen LogP contribution in [0, 0.1) is 11.8 Å². The second-order valence-corrected chi connectivity index (χ2v) is 21.4. The number of carbonyl (C=O) groups excluding carboxylic acids is 5. The summed E-state index contributed by atoms with van der Waals surface area (Å²) in [5.41, 5.74) is 18.3. The Morgan fingerprint density at radius 3 is 2.02 bits per heavy atom. The molecular formula is C49H73N11O22. The zero-order valence-corrected chi connectivity index (χ0v) is 44.6. The van der Waals surface area contributed by atoms with Crippen LogP contribution >= 0.6 is 0 Å². The zero-order chi connectivity index (χ0) is 60.8. The lowest BCUT2D eigenvalue weighted by Gasteiger charge is -2.52. The number of rotatable bonds is 20. The number of benzene rings is 1. The van der Waals surface area contributed by atoms with Crippen LogP contribution in [0.5, 0.6) is 5.75 Å². The number of ketones is 2. The average Bonchev–Trinajstić information content (AvgIpc) is 1.09. The molecule has 20 atom stereocenters. The van der Waals surface area contributed by atoms with Gasteiger partial charge in [0.15, 0.2) is 35.9 Å². The molecule has 2 saturated heterocycles. The van der Waals surface area contributed by atoms with Crippen molar-refractivity contribution < 1.29 is 109 Å². The van der Waals surface area contributed by atoms with Crippen LogP contribution in [0.3, 0.4) is 0 Å². The molecule has 4 aliphatic carbocycles. The molecule has 0 radical (unpaired) electrons. The third kappa shape index (κ3) is 11.4. The third-order valence-electron chi connectivity index (χ3n) is 16.3. The number of aliphatic hydroxyl groups is 12. The summed E-state index contributed by atoms with van der Waals surface area (Å²) in [6.07, 6.45) is -20.4. The SMILES string of the molecule is CC1OC(OC2C(O)C(O)C(N=C(N)N)C(O)C2N=C(N)N)C(OC2OC(CO)C(O)C(O)C2N(C)CCNC(=O)CCC(=O)NCCNC2C(=O)C(C(N)=O)=C(O)C3(O)C(=O)C4=C(O)c5c(O)cccc5C(C)(O)C4CC23)C1(O)CO. The number of ether oxygens (including phenoxy) is 4. The largest absolute Gasteiger partial charge is 0.508 e. The summed E-state index contributed by atoms with van der Waals surface area (Å²) in [4.78, 5) is 75.6. The molecule has 33 nitrogen and oxygen atoms in total. The van der Waals surface area contributed by atoms with E-state index in [2.05, 4.69) is 25.9 Å². The minimum absolute atomic E-state index is 0.0265. The number of aromatic hydroxyl groups is 1. The van der Waals surface area contributed by atoms with E-state index in [1.54, 1.807) is 0 Å². The van der Waals surface area contributed by atoms with E-state index >= 15 is 0 Å². The van der Waals surface area contributed by atoms with Gasteiger partial charge in [-0.05, 0) is 38.9 Å². The smallest absolute Gasteiger partial charge is 0.255 e. The maximum absolute atomic E-state index is 14.2. The van der Waals surface area contributed by atoms with Crippen LogP contribution in [0.2, 0.25) is 0 Å². The van der Waals surface area contributed by atoms with Gasteiger partial charge in [0.05, 0.1) is 42.6 Å². The number of hydrogen-bond donors (Lipinski definition) is 21. The average molecular weight is 1170 g/mol. The van der Waals surface area contributed by atoms with E-state index in [1.807, 2.05) is 0 Å². The minimum Gasteiger partial charge on any atom is -0.508 e. The summed E-state index contributed by atoms with van der Waals surface area (Å²) in [6.45, 7) is -0.108. The van der Waals surface area contributed by atoms with Crippen molar-refractivity contribution in [3.63, 3.8) is 0 Å². The van der Waals surface area contributed by atoms with Crippen molar-refractivity contribution in [3.8, 4) is 5.75 Å². The number of nitrogens with zero attached hydrogens (tertiary/aromatic N) is 3. The lowest BCUT2D eigenvalue weighted by atomic mass is 9.54. The van der Waals surface area contributed by atoms with Gasteiger partial charge >= 0.3 is 0 Å². The normalized spacial score (nSPS) is 38.1. The Bertz CT molecular complexity index is 2740.